The molecule has 0 saturated heterocycles. The summed E-state index contributed by atoms with van der Waals surface area (Å²) in [6.45, 7) is 2.68. The van der Waals surface area contributed by atoms with Gasteiger partial charge < -0.3 is 10.5 Å². The highest BCUT2D eigenvalue weighted by atomic mass is 35.5. The highest BCUT2D eigenvalue weighted by molar-refractivity contribution is 6.30. The van der Waals surface area contributed by atoms with E-state index < -0.39 is 0 Å². The second-order valence-electron chi connectivity index (χ2n) is 4.78. The Labute approximate surface area is 125 Å². The summed E-state index contributed by atoms with van der Waals surface area (Å²) in [5.74, 6) is 0.921. The van der Waals surface area contributed by atoms with Crippen LogP contribution in [0.2, 0.25) is 5.02 Å². The van der Waals surface area contributed by atoms with Gasteiger partial charge in [-0.3, -0.25) is 0 Å². The zero-order valence-corrected chi connectivity index (χ0v) is 12.4. The van der Waals surface area contributed by atoms with E-state index in [1.807, 2.05) is 43.3 Å². The van der Waals surface area contributed by atoms with Gasteiger partial charge in [0.2, 0.25) is 0 Å². The van der Waals surface area contributed by atoms with Crippen molar-refractivity contribution in [3.05, 3.63) is 64.7 Å². The molecule has 0 aliphatic rings. The van der Waals surface area contributed by atoms with Gasteiger partial charge >= 0.3 is 0 Å². The van der Waals surface area contributed by atoms with Crippen molar-refractivity contribution in [3.63, 3.8) is 0 Å². The van der Waals surface area contributed by atoms with Gasteiger partial charge in [-0.25, -0.2) is 0 Å². The summed E-state index contributed by atoms with van der Waals surface area (Å²) in [6, 6.07) is 16.0. The minimum absolute atomic E-state index is 0.0306. The molecular formula is C17H20ClNO. The highest BCUT2D eigenvalue weighted by Crippen LogP contribution is 2.21. The number of rotatable bonds is 6. The SMILES string of the molecule is CCOc1cccc(CCC(N)c2ccc(Cl)cc2)c1. The molecule has 2 nitrogen and oxygen atoms in total. The number of benzene rings is 2. The van der Waals surface area contributed by atoms with Gasteiger partial charge in [-0.15, -0.1) is 0 Å². The summed E-state index contributed by atoms with van der Waals surface area (Å²) in [5, 5.41) is 0.741. The number of aryl methyl sites for hydroxylation is 1. The van der Waals surface area contributed by atoms with Crippen LogP contribution in [-0.4, -0.2) is 6.61 Å². The van der Waals surface area contributed by atoms with E-state index in [1.165, 1.54) is 5.56 Å². The van der Waals surface area contributed by atoms with E-state index in [1.54, 1.807) is 0 Å². The van der Waals surface area contributed by atoms with Crippen molar-refractivity contribution in [1.82, 2.24) is 0 Å². The van der Waals surface area contributed by atoms with E-state index >= 15 is 0 Å². The molecule has 0 bridgehead atoms. The number of nitrogens with two attached hydrogens (primary N) is 1. The normalized spacial score (nSPS) is 12.2. The lowest BCUT2D eigenvalue weighted by molar-refractivity contribution is 0.340. The first-order valence-electron chi connectivity index (χ1n) is 6.92. The average Bonchev–Trinajstić information content (AvgIpc) is 2.46. The van der Waals surface area contributed by atoms with Crippen LogP contribution in [0.15, 0.2) is 48.5 Å². The van der Waals surface area contributed by atoms with Gasteiger partial charge in [0.1, 0.15) is 5.75 Å². The van der Waals surface area contributed by atoms with Crippen LogP contribution >= 0.6 is 11.6 Å². The van der Waals surface area contributed by atoms with Crippen molar-refractivity contribution in [2.75, 3.05) is 6.61 Å². The number of hydrogen-bond donors (Lipinski definition) is 1. The van der Waals surface area contributed by atoms with Gasteiger partial charge in [0.15, 0.2) is 0 Å². The summed E-state index contributed by atoms with van der Waals surface area (Å²) >= 11 is 5.88. The molecule has 0 aliphatic carbocycles. The Hall–Kier alpha value is -1.51. The Morgan fingerprint density at radius 3 is 2.60 bits per heavy atom. The molecule has 0 amide bonds. The first-order valence-corrected chi connectivity index (χ1v) is 7.29. The minimum Gasteiger partial charge on any atom is -0.494 e. The first-order chi connectivity index (χ1) is 9.69. The summed E-state index contributed by atoms with van der Waals surface area (Å²) in [7, 11) is 0. The lowest BCUT2D eigenvalue weighted by Gasteiger charge is -2.12. The monoisotopic (exact) mass is 289 g/mol. The molecule has 0 radical (unpaired) electrons. The zero-order chi connectivity index (χ0) is 14.4. The molecular weight excluding hydrogens is 270 g/mol. The van der Waals surface area contributed by atoms with Crippen LogP contribution < -0.4 is 10.5 Å². The molecule has 0 spiro atoms. The van der Waals surface area contributed by atoms with Crippen molar-refractivity contribution in [1.29, 1.82) is 0 Å². The quantitative estimate of drug-likeness (QED) is 0.857. The van der Waals surface area contributed by atoms with Gasteiger partial charge in [-0.05, 0) is 55.2 Å². The van der Waals surface area contributed by atoms with Crippen LogP contribution in [0, 0.1) is 0 Å². The number of hydrogen-bond acceptors (Lipinski definition) is 2. The summed E-state index contributed by atoms with van der Waals surface area (Å²) in [6.07, 6.45) is 1.84. The van der Waals surface area contributed by atoms with Gasteiger partial charge in [0, 0.05) is 11.1 Å². The van der Waals surface area contributed by atoms with Crippen LogP contribution in [-0.2, 0) is 6.42 Å². The molecule has 0 aliphatic heterocycles. The molecule has 1 unspecified atom stereocenters. The molecule has 2 rings (SSSR count). The van der Waals surface area contributed by atoms with E-state index in [2.05, 4.69) is 12.1 Å². The fraction of sp³-hybridized carbons (Fsp3) is 0.294. The van der Waals surface area contributed by atoms with E-state index in [4.69, 9.17) is 22.1 Å². The second kappa shape index (κ2) is 7.32. The standard InChI is InChI=1S/C17H20ClNO/c1-2-20-16-5-3-4-13(12-16)6-11-17(19)14-7-9-15(18)10-8-14/h3-5,7-10,12,17H,2,6,11,19H2,1H3. The Kier molecular flexibility index (Phi) is 5.45. The molecule has 20 heavy (non-hydrogen) atoms. The van der Waals surface area contributed by atoms with Crippen molar-refractivity contribution in [2.45, 2.75) is 25.8 Å². The molecule has 2 aromatic carbocycles. The maximum absolute atomic E-state index is 6.22. The maximum Gasteiger partial charge on any atom is 0.119 e. The summed E-state index contributed by atoms with van der Waals surface area (Å²) in [5.41, 5.74) is 8.59. The van der Waals surface area contributed by atoms with E-state index in [-0.39, 0.29) is 6.04 Å². The fourth-order valence-electron chi connectivity index (χ4n) is 2.16. The molecule has 0 heterocycles. The lowest BCUT2D eigenvalue weighted by atomic mass is 10.00. The summed E-state index contributed by atoms with van der Waals surface area (Å²) in [4.78, 5) is 0. The van der Waals surface area contributed by atoms with Crippen molar-refractivity contribution >= 4 is 11.6 Å². The van der Waals surface area contributed by atoms with Crippen LogP contribution in [0.5, 0.6) is 5.75 Å². The van der Waals surface area contributed by atoms with E-state index in [9.17, 15) is 0 Å². The van der Waals surface area contributed by atoms with E-state index in [0.29, 0.717) is 6.61 Å². The fourth-order valence-corrected chi connectivity index (χ4v) is 2.28. The third kappa shape index (κ3) is 4.26. The van der Waals surface area contributed by atoms with Gasteiger partial charge in [-0.1, -0.05) is 35.9 Å². The Morgan fingerprint density at radius 1 is 1.15 bits per heavy atom. The third-order valence-corrected chi connectivity index (χ3v) is 3.50. The van der Waals surface area contributed by atoms with E-state index in [0.717, 1.165) is 29.2 Å². The Bertz CT molecular complexity index is 539. The molecule has 106 valence electrons. The highest BCUT2D eigenvalue weighted by Gasteiger charge is 2.06. The van der Waals surface area contributed by atoms with Crippen LogP contribution in [0.1, 0.15) is 30.5 Å². The average molecular weight is 290 g/mol. The minimum atomic E-state index is 0.0306. The molecule has 2 aromatic rings. The largest absolute Gasteiger partial charge is 0.494 e. The van der Waals surface area contributed by atoms with Crippen molar-refractivity contribution in [2.24, 2.45) is 5.73 Å². The van der Waals surface area contributed by atoms with Crippen LogP contribution in [0.4, 0.5) is 0 Å². The molecule has 0 aromatic heterocycles. The topological polar surface area (TPSA) is 35.2 Å². The molecule has 2 N–H and O–H groups in total. The Morgan fingerprint density at radius 2 is 1.90 bits per heavy atom. The first kappa shape index (κ1) is 14.9. The van der Waals surface area contributed by atoms with Crippen molar-refractivity contribution in [3.8, 4) is 5.75 Å². The molecule has 0 fully saturated rings. The third-order valence-electron chi connectivity index (χ3n) is 3.25. The van der Waals surface area contributed by atoms with Gasteiger partial charge in [-0.2, -0.15) is 0 Å². The van der Waals surface area contributed by atoms with Gasteiger partial charge in [0.25, 0.3) is 0 Å². The Balaban J connectivity index is 1.94. The molecule has 1 atom stereocenters. The number of halogens is 1. The molecule has 3 heteroatoms. The maximum atomic E-state index is 6.22. The number of ether oxygens (including phenoxy) is 1. The van der Waals surface area contributed by atoms with Crippen molar-refractivity contribution < 1.29 is 4.74 Å². The van der Waals surface area contributed by atoms with Crippen LogP contribution in [0.25, 0.3) is 0 Å². The molecule has 0 saturated carbocycles. The zero-order valence-electron chi connectivity index (χ0n) is 11.7. The summed E-state index contributed by atoms with van der Waals surface area (Å²) < 4.78 is 5.51. The van der Waals surface area contributed by atoms with Gasteiger partial charge in [0.05, 0.1) is 6.61 Å². The predicted octanol–water partition coefficient (Wildman–Crippen LogP) is 4.37. The second-order valence-corrected chi connectivity index (χ2v) is 5.21. The smallest absolute Gasteiger partial charge is 0.119 e. The van der Waals surface area contributed by atoms with Crippen LogP contribution in [0.3, 0.4) is 0 Å². The predicted molar refractivity (Wildman–Crippen MR) is 84.3 cm³/mol. The lowest BCUT2D eigenvalue weighted by Crippen LogP contribution is -2.11.